The van der Waals surface area contributed by atoms with Gasteiger partial charge in [0.1, 0.15) is 5.78 Å². The van der Waals surface area contributed by atoms with Gasteiger partial charge < -0.3 is 0 Å². The minimum Gasteiger partial charge on any atom is -0.299 e. The van der Waals surface area contributed by atoms with Gasteiger partial charge in [-0.3, -0.25) is 9.78 Å². The van der Waals surface area contributed by atoms with Gasteiger partial charge >= 0.3 is 0 Å². The minimum atomic E-state index is 0.0936. The van der Waals surface area contributed by atoms with Gasteiger partial charge in [-0.25, -0.2) is 0 Å². The number of ketones is 1. The van der Waals surface area contributed by atoms with Crippen molar-refractivity contribution in [1.29, 1.82) is 0 Å². The Hall–Kier alpha value is -1.18. The number of carbonyl (C=O) groups excluding carboxylic acids is 1. The fraction of sp³-hybridized carbons (Fsp3) is 0.684. The summed E-state index contributed by atoms with van der Waals surface area (Å²) in [5, 5.41) is 0. The average Bonchev–Trinajstić information content (AvgIpc) is 3.26. The van der Waals surface area contributed by atoms with Gasteiger partial charge in [0.2, 0.25) is 0 Å². The summed E-state index contributed by atoms with van der Waals surface area (Å²) in [6.07, 6.45) is 12.8. The van der Waals surface area contributed by atoms with Crippen LogP contribution in [0.4, 0.5) is 0 Å². The highest BCUT2D eigenvalue weighted by Gasteiger charge is 2.59. The molecule has 0 saturated heterocycles. The second-order valence-corrected chi connectivity index (χ2v) is 8.30. The van der Waals surface area contributed by atoms with Crippen molar-refractivity contribution in [3.8, 4) is 0 Å². The van der Waals surface area contributed by atoms with E-state index in [9.17, 15) is 4.79 Å². The molecule has 110 valence electrons. The number of pyridine rings is 1. The number of Topliss-reactive ketones (excluding diaryl/α,β-unsaturated/α-hetero) is 1. The van der Waals surface area contributed by atoms with Crippen LogP contribution in [0.25, 0.3) is 0 Å². The van der Waals surface area contributed by atoms with Crippen molar-refractivity contribution in [3.63, 3.8) is 0 Å². The van der Waals surface area contributed by atoms with E-state index in [1.165, 1.54) is 44.1 Å². The molecule has 0 amide bonds. The first-order valence-electron chi connectivity index (χ1n) is 8.68. The van der Waals surface area contributed by atoms with E-state index in [-0.39, 0.29) is 5.41 Å². The molecule has 4 bridgehead atoms. The molecular weight excluding hydrogens is 258 g/mol. The zero-order valence-corrected chi connectivity index (χ0v) is 12.5. The molecule has 5 aliphatic rings. The molecule has 1 aromatic rings. The van der Waals surface area contributed by atoms with Crippen molar-refractivity contribution >= 4 is 5.78 Å². The number of hydrogen-bond acceptors (Lipinski definition) is 2. The van der Waals surface area contributed by atoms with Crippen LogP contribution in [0, 0.1) is 29.1 Å². The highest BCUT2D eigenvalue weighted by molar-refractivity contribution is 5.90. The first-order valence-corrected chi connectivity index (χ1v) is 8.68. The summed E-state index contributed by atoms with van der Waals surface area (Å²) in [7, 11) is 0. The second kappa shape index (κ2) is 4.18. The molecule has 5 aliphatic carbocycles. The SMILES string of the molecule is O=C(C1CC1c1cccnc1)C12CC3CC(CC(C3)C1)C2. The zero-order chi connectivity index (χ0) is 14.0. The van der Waals surface area contributed by atoms with Gasteiger partial charge in [-0.1, -0.05) is 6.07 Å². The maximum atomic E-state index is 13.2. The molecule has 1 aromatic heterocycles. The Labute approximate surface area is 126 Å². The second-order valence-electron chi connectivity index (χ2n) is 8.30. The topological polar surface area (TPSA) is 30.0 Å². The van der Waals surface area contributed by atoms with Gasteiger partial charge in [0.05, 0.1) is 0 Å². The third-order valence-electron chi connectivity index (χ3n) is 6.80. The summed E-state index contributed by atoms with van der Waals surface area (Å²) >= 11 is 0. The maximum Gasteiger partial charge on any atom is 0.142 e. The summed E-state index contributed by atoms with van der Waals surface area (Å²) < 4.78 is 0. The maximum absolute atomic E-state index is 13.2. The summed E-state index contributed by atoms with van der Waals surface area (Å²) in [6, 6.07) is 4.14. The van der Waals surface area contributed by atoms with Crippen LogP contribution < -0.4 is 0 Å². The van der Waals surface area contributed by atoms with E-state index < -0.39 is 0 Å². The van der Waals surface area contributed by atoms with Crippen LogP contribution in [0.15, 0.2) is 24.5 Å². The first kappa shape index (κ1) is 12.4. The van der Waals surface area contributed by atoms with E-state index in [0.717, 1.165) is 24.2 Å². The smallest absolute Gasteiger partial charge is 0.142 e. The molecule has 6 rings (SSSR count). The zero-order valence-electron chi connectivity index (χ0n) is 12.5. The Morgan fingerprint density at radius 1 is 1.05 bits per heavy atom. The summed E-state index contributed by atoms with van der Waals surface area (Å²) in [5.41, 5.74) is 1.37. The van der Waals surface area contributed by atoms with Crippen molar-refractivity contribution in [1.82, 2.24) is 4.98 Å². The van der Waals surface area contributed by atoms with Crippen molar-refractivity contribution in [2.75, 3.05) is 0 Å². The van der Waals surface area contributed by atoms with E-state index in [4.69, 9.17) is 0 Å². The van der Waals surface area contributed by atoms with Gasteiger partial charge in [-0.05, 0) is 80.2 Å². The molecular formula is C19H23NO. The highest BCUT2D eigenvalue weighted by Crippen LogP contribution is 2.63. The molecule has 1 heterocycles. The van der Waals surface area contributed by atoms with Crippen molar-refractivity contribution in [2.45, 2.75) is 50.9 Å². The van der Waals surface area contributed by atoms with E-state index in [0.29, 0.717) is 17.6 Å². The Bertz CT molecular complexity index is 543. The van der Waals surface area contributed by atoms with Crippen LogP contribution in [-0.4, -0.2) is 10.8 Å². The fourth-order valence-electron chi connectivity index (χ4n) is 6.25. The standard InChI is InChI=1S/C19H23NO/c21-18(17-7-16(17)15-2-1-3-20-11-15)19-8-12-4-13(9-19)6-14(5-12)10-19/h1-3,11-14,16-17H,4-10H2. The molecule has 5 saturated carbocycles. The number of nitrogens with zero attached hydrogens (tertiary/aromatic N) is 1. The molecule has 0 spiro atoms. The molecule has 0 radical (unpaired) electrons. The number of hydrogen-bond donors (Lipinski definition) is 0. The van der Waals surface area contributed by atoms with Crippen LogP contribution in [0.5, 0.6) is 0 Å². The third-order valence-corrected chi connectivity index (χ3v) is 6.80. The van der Waals surface area contributed by atoms with Crippen LogP contribution in [0.2, 0.25) is 0 Å². The number of aromatic nitrogens is 1. The fourth-order valence-corrected chi connectivity index (χ4v) is 6.25. The minimum absolute atomic E-state index is 0.0936. The van der Waals surface area contributed by atoms with Gasteiger partial charge in [-0.15, -0.1) is 0 Å². The van der Waals surface area contributed by atoms with E-state index in [1.807, 2.05) is 18.5 Å². The molecule has 0 aliphatic heterocycles. The van der Waals surface area contributed by atoms with Gasteiger partial charge in [0, 0.05) is 23.7 Å². The van der Waals surface area contributed by atoms with Crippen LogP contribution in [-0.2, 0) is 4.79 Å². The van der Waals surface area contributed by atoms with E-state index >= 15 is 0 Å². The monoisotopic (exact) mass is 281 g/mol. The molecule has 0 N–H and O–H groups in total. The van der Waals surface area contributed by atoms with Crippen molar-refractivity contribution < 1.29 is 4.79 Å². The Kier molecular flexibility index (Phi) is 2.46. The van der Waals surface area contributed by atoms with E-state index in [2.05, 4.69) is 11.1 Å². The summed E-state index contributed by atoms with van der Waals surface area (Å²) in [4.78, 5) is 17.4. The molecule has 0 aromatic carbocycles. The summed E-state index contributed by atoms with van der Waals surface area (Å²) in [6.45, 7) is 0. The van der Waals surface area contributed by atoms with Gasteiger partial charge in [0.25, 0.3) is 0 Å². The lowest BCUT2D eigenvalue weighted by Gasteiger charge is -2.56. The molecule has 5 fully saturated rings. The number of carbonyl (C=O) groups is 1. The first-order chi connectivity index (χ1) is 10.2. The predicted octanol–water partition coefficient (Wildman–Crippen LogP) is 3.97. The highest BCUT2D eigenvalue weighted by atomic mass is 16.1. The van der Waals surface area contributed by atoms with Crippen molar-refractivity contribution in [2.24, 2.45) is 29.1 Å². The lowest BCUT2D eigenvalue weighted by molar-refractivity contribution is -0.145. The molecule has 2 atom stereocenters. The Morgan fingerprint density at radius 2 is 1.71 bits per heavy atom. The van der Waals surface area contributed by atoms with Crippen LogP contribution in [0.3, 0.4) is 0 Å². The predicted molar refractivity (Wildman–Crippen MR) is 80.7 cm³/mol. The third kappa shape index (κ3) is 1.84. The largest absolute Gasteiger partial charge is 0.299 e. The summed E-state index contributed by atoms with van der Waals surface area (Å²) in [5.74, 6) is 4.03. The van der Waals surface area contributed by atoms with Gasteiger partial charge in [-0.2, -0.15) is 0 Å². The molecule has 21 heavy (non-hydrogen) atoms. The van der Waals surface area contributed by atoms with Crippen LogP contribution in [0.1, 0.15) is 56.4 Å². The van der Waals surface area contributed by atoms with Gasteiger partial charge in [0.15, 0.2) is 0 Å². The van der Waals surface area contributed by atoms with Crippen LogP contribution >= 0.6 is 0 Å². The quantitative estimate of drug-likeness (QED) is 0.839. The lowest BCUT2D eigenvalue weighted by atomic mass is 9.48. The van der Waals surface area contributed by atoms with Crippen molar-refractivity contribution in [3.05, 3.63) is 30.1 Å². The van der Waals surface area contributed by atoms with E-state index in [1.54, 1.807) is 0 Å². The normalized spacial score (nSPS) is 46.6. The Balaban J connectivity index is 1.38. The molecule has 2 unspecified atom stereocenters. The number of rotatable bonds is 3. The molecule has 2 heteroatoms. The lowest BCUT2D eigenvalue weighted by Crippen LogP contribution is -2.50. The Morgan fingerprint density at radius 3 is 2.29 bits per heavy atom. The molecule has 2 nitrogen and oxygen atoms in total. The average molecular weight is 281 g/mol.